The lowest BCUT2D eigenvalue weighted by Crippen LogP contribution is -2.37. The molecule has 0 radical (unpaired) electrons. The van der Waals surface area contributed by atoms with Crippen LogP contribution in [0.5, 0.6) is 5.75 Å². The first-order valence-electron chi connectivity index (χ1n) is 8.21. The number of carbonyl (C=O) groups is 1. The molecule has 0 aliphatic carbocycles. The van der Waals surface area contributed by atoms with Gasteiger partial charge in [0, 0.05) is 17.0 Å². The van der Waals surface area contributed by atoms with Crippen molar-refractivity contribution in [3.8, 4) is 17.2 Å². The summed E-state index contributed by atoms with van der Waals surface area (Å²) in [5, 5.41) is 7.32. The quantitative estimate of drug-likeness (QED) is 0.763. The number of nitrogens with one attached hydrogen (secondary N) is 1. The summed E-state index contributed by atoms with van der Waals surface area (Å²) in [5.41, 5.74) is 2.92. The number of halogens is 1. The Hall–Kier alpha value is -2.86. The van der Waals surface area contributed by atoms with Gasteiger partial charge in [-0.2, -0.15) is 4.98 Å². The van der Waals surface area contributed by atoms with Crippen molar-refractivity contribution in [3.05, 3.63) is 64.4 Å². The van der Waals surface area contributed by atoms with E-state index in [9.17, 15) is 4.79 Å². The molecule has 2 heterocycles. The number of hydrogen-bond donors (Lipinski definition) is 1. The molecule has 3 aromatic rings. The van der Waals surface area contributed by atoms with Crippen LogP contribution in [0.2, 0.25) is 5.02 Å². The van der Waals surface area contributed by atoms with E-state index in [-0.39, 0.29) is 12.5 Å². The zero-order valence-electron chi connectivity index (χ0n) is 14.0. The highest BCUT2D eigenvalue weighted by Gasteiger charge is 2.29. The van der Waals surface area contributed by atoms with E-state index in [2.05, 4.69) is 15.5 Å². The molecule has 0 spiro atoms. The van der Waals surface area contributed by atoms with Gasteiger partial charge in [0.05, 0.1) is 6.54 Å². The molecule has 6 nitrogen and oxygen atoms in total. The summed E-state index contributed by atoms with van der Waals surface area (Å²) < 4.78 is 10.9. The molecule has 132 valence electrons. The van der Waals surface area contributed by atoms with Crippen LogP contribution >= 0.6 is 11.6 Å². The normalized spacial score (nSPS) is 15.4. The van der Waals surface area contributed by atoms with Gasteiger partial charge in [-0.3, -0.25) is 4.79 Å². The minimum absolute atomic E-state index is 0.172. The van der Waals surface area contributed by atoms with Gasteiger partial charge in [-0.25, -0.2) is 0 Å². The Morgan fingerprint density at radius 2 is 2.08 bits per heavy atom. The van der Waals surface area contributed by atoms with Gasteiger partial charge in [0.2, 0.25) is 0 Å². The van der Waals surface area contributed by atoms with Crippen LogP contribution in [0.25, 0.3) is 11.5 Å². The molecule has 1 amide bonds. The minimum atomic E-state index is -0.577. The standard InChI is InChI=1S/C19H16ClN3O3/c1-11-2-4-12(5-3-11)19-22-17(23-26-19)10-21-18(24)16-9-13-8-14(20)6-7-15(13)25-16/h2-8,16H,9-10H2,1H3,(H,21,24). The number of nitrogens with zero attached hydrogens (tertiary/aromatic N) is 2. The minimum Gasteiger partial charge on any atom is -0.480 e. The van der Waals surface area contributed by atoms with E-state index < -0.39 is 6.10 Å². The monoisotopic (exact) mass is 369 g/mol. The largest absolute Gasteiger partial charge is 0.480 e. The van der Waals surface area contributed by atoms with E-state index in [0.717, 1.165) is 16.7 Å². The SMILES string of the molecule is Cc1ccc(-c2nc(CNC(=O)C3Cc4cc(Cl)ccc4O3)no2)cc1. The summed E-state index contributed by atoms with van der Waals surface area (Å²) in [6, 6.07) is 13.1. The van der Waals surface area contributed by atoms with Crippen molar-refractivity contribution < 1.29 is 14.1 Å². The summed E-state index contributed by atoms with van der Waals surface area (Å²) in [7, 11) is 0. The van der Waals surface area contributed by atoms with Gasteiger partial charge < -0.3 is 14.6 Å². The lowest BCUT2D eigenvalue weighted by Gasteiger charge is -2.09. The van der Waals surface area contributed by atoms with Gasteiger partial charge in [0.1, 0.15) is 5.75 Å². The summed E-state index contributed by atoms with van der Waals surface area (Å²) in [6.07, 6.45) is -0.0882. The lowest BCUT2D eigenvalue weighted by atomic mass is 10.1. The second-order valence-electron chi connectivity index (χ2n) is 6.16. The average molecular weight is 370 g/mol. The fourth-order valence-corrected chi connectivity index (χ4v) is 2.98. The number of carbonyl (C=O) groups excluding carboxylic acids is 1. The molecule has 1 unspecified atom stereocenters. The average Bonchev–Trinajstić information content (AvgIpc) is 3.27. The Balaban J connectivity index is 1.36. The molecule has 1 atom stereocenters. The first-order valence-corrected chi connectivity index (χ1v) is 8.59. The van der Waals surface area contributed by atoms with Crippen LogP contribution in [-0.2, 0) is 17.8 Å². The zero-order valence-corrected chi connectivity index (χ0v) is 14.8. The fourth-order valence-electron chi connectivity index (χ4n) is 2.78. The Kier molecular flexibility index (Phi) is 4.34. The number of rotatable bonds is 4. The molecule has 7 heteroatoms. The first kappa shape index (κ1) is 16.6. The third kappa shape index (κ3) is 3.41. The van der Waals surface area contributed by atoms with Gasteiger partial charge >= 0.3 is 0 Å². The second-order valence-corrected chi connectivity index (χ2v) is 6.60. The molecule has 1 aliphatic rings. The van der Waals surface area contributed by atoms with Crippen LogP contribution in [0.1, 0.15) is 17.0 Å². The van der Waals surface area contributed by atoms with Crippen molar-refractivity contribution in [2.75, 3.05) is 0 Å². The maximum absolute atomic E-state index is 12.3. The van der Waals surface area contributed by atoms with E-state index in [1.54, 1.807) is 12.1 Å². The predicted octanol–water partition coefficient (Wildman–Crippen LogP) is 3.32. The Labute approximate surface area is 155 Å². The Morgan fingerprint density at radius 1 is 1.27 bits per heavy atom. The summed E-state index contributed by atoms with van der Waals surface area (Å²) in [6.45, 7) is 2.18. The van der Waals surface area contributed by atoms with Gasteiger partial charge in [0.25, 0.3) is 11.8 Å². The van der Waals surface area contributed by atoms with Crippen LogP contribution in [0.15, 0.2) is 47.0 Å². The molecule has 2 aromatic carbocycles. The highest BCUT2D eigenvalue weighted by molar-refractivity contribution is 6.30. The van der Waals surface area contributed by atoms with Gasteiger partial charge in [0.15, 0.2) is 11.9 Å². The van der Waals surface area contributed by atoms with Gasteiger partial charge in [-0.15, -0.1) is 0 Å². The number of fused-ring (bicyclic) bond motifs is 1. The van der Waals surface area contributed by atoms with E-state index in [0.29, 0.717) is 28.9 Å². The van der Waals surface area contributed by atoms with Crippen molar-refractivity contribution in [1.29, 1.82) is 0 Å². The van der Waals surface area contributed by atoms with Crippen LogP contribution in [-0.4, -0.2) is 22.2 Å². The molecule has 1 aromatic heterocycles. The van der Waals surface area contributed by atoms with E-state index in [1.807, 2.05) is 37.3 Å². The molecule has 4 rings (SSSR count). The molecular weight excluding hydrogens is 354 g/mol. The van der Waals surface area contributed by atoms with Crippen LogP contribution in [0.4, 0.5) is 0 Å². The molecule has 0 bridgehead atoms. The number of aryl methyl sites for hydroxylation is 1. The van der Waals surface area contributed by atoms with Gasteiger partial charge in [-0.05, 0) is 42.8 Å². The van der Waals surface area contributed by atoms with Crippen LogP contribution in [0.3, 0.4) is 0 Å². The van der Waals surface area contributed by atoms with E-state index in [4.69, 9.17) is 20.9 Å². The third-order valence-corrected chi connectivity index (χ3v) is 4.41. The zero-order chi connectivity index (χ0) is 18.1. The highest BCUT2D eigenvalue weighted by Crippen LogP contribution is 2.31. The molecule has 0 saturated heterocycles. The predicted molar refractivity (Wildman–Crippen MR) is 95.9 cm³/mol. The van der Waals surface area contributed by atoms with Crippen molar-refractivity contribution in [2.24, 2.45) is 0 Å². The topological polar surface area (TPSA) is 77.2 Å². The van der Waals surface area contributed by atoms with E-state index >= 15 is 0 Å². The Bertz CT molecular complexity index is 953. The molecule has 1 N–H and O–H groups in total. The summed E-state index contributed by atoms with van der Waals surface area (Å²) in [5.74, 6) is 1.30. The summed E-state index contributed by atoms with van der Waals surface area (Å²) in [4.78, 5) is 16.6. The molecular formula is C19H16ClN3O3. The summed E-state index contributed by atoms with van der Waals surface area (Å²) >= 11 is 5.97. The van der Waals surface area contributed by atoms with Crippen molar-refractivity contribution in [1.82, 2.24) is 15.5 Å². The number of ether oxygens (including phenoxy) is 1. The first-order chi connectivity index (χ1) is 12.6. The molecule has 26 heavy (non-hydrogen) atoms. The molecule has 1 aliphatic heterocycles. The molecule has 0 fully saturated rings. The third-order valence-electron chi connectivity index (χ3n) is 4.18. The maximum Gasteiger partial charge on any atom is 0.261 e. The Morgan fingerprint density at radius 3 is 2.88 bits per heavy atom. The molecule has 0 saturated carbocycles. The van der Waals surface area contributed by atoms with Crippen molar-refractivity contribution in [2.45, 2.75) is 26.0 Å². The fraction of sp³-hybridized carbons (Fsp3) is 0.211. The highest BCUT2D eigenvalue weighted by atomic mass is 35.5. The number of benzene rings is 2. The lowest BCUT2D eigenvalue weighted by molar-refractivity contribution is -0.127. The maximum atomic E-state index is 12.3. The number of aromatic nitrogens is 2. The number of amides is 1. The number of hydrogen-bond acceptors (Lipinski definition) is 5. The van der Waals surface area contributed by atoms with Crippen LogP contribution < -0.4 is 10.1 Å². The van der Waals surface area contributed by atoms with Gasteiger partial charge in [-0.1, -0.05) is 34.5 Å². The van der Waals surface area contributed by atoms with E-state index in [1.165, 1.54) is 0 Å². The van der Waals surface area contributed by atoms with Crippen molar-refractivity contribution in [3.63, 3.8) is 0 Å². The second kappa shape index (κ2) is 6.80. The van der Waals surface area contributed by atoms with Crippen LogP contribution in [0, 0.1) is 6.92 Å². The smallest absolute Gasteiger partial charge is 0.261 e. The van der Waals surface area contributed by atoms with Crippen molar-refractivity contribution >= 4 is 17.5 Å².